The fraction of sp³-hybridized carbons (Fsp3) is 0.476. The zero-order valence-electron chi connectivity index (χ0n) is 15.9. The Bertz CT molecular complexity index is 833. The number of rotatable bonds is 6. The van der Waals surface area contributed by atoms with Crippen LogP contribution in [0.25, 0.3) is 0 Å². The average molecular weight is 382 g/mol. The molecule has 0 radical (unpaired) electrons. The quantitative estimate of drug-likeness (QED) is 0.385. The standard InChI is InChI=1S/C21H26N4O3/c26-18-5-4-17(20(27)24-18)25-13-16-3-1-2-15(19(16)21(25)28)12-23-11-8-14-6-9-22-10-7-14/h1-3,6,17,22-23H,4-5,7-13H2,(H,24,26,27). The van der Waals surface area contributed by atoms with Crippen molar-refractivity contribution < 1.29 is 14.4 Å². The molecule has 1 atom stereocenters. The molecule has 0 bridgehead atoms. The van der Waals surface area contributed by atoms with E-state index in [0.717, 1.165) is 43.6 Å². The first-order valence-corrected chi connectivity index (χ1v) is 9.98. The van der Waals surface area contributed by atoms with Gasteiger partial charge in [0, 0.05) is 31.6 Å². The van der Waals surface area contributed by atoms with Crippen LogP contribution in [0.4, 0.5) is 0 Å². The van der Waals surface area contributed by atoms with Gasteiger partial charge in [-0.25, -0.2) is 0 Å². The zero-order chi connectivity index (χ0) is 19.5. The van der Waals surface area contributed by atoms with Gasteiger partial charge in [0.15, 0.2) is 0 Å². The second kappa shape index (κ2) is 8.24. The van der Waals surface area contributed by atoms with Gasteiger partial charge in [0.05, 0.1) is 0 Å². The van der Waals surface area contributed by atoms with Gasteiger partial charge < -0.3 is 15.5 Å². The SMILES string of the molecule is O=C1CCC(N2Cc3cccc(CNCCC4=CCNCC4)c3C2=O)C(=O)N1. The summed E-state index contributed by atoms with van der Waals surface area (Å²) in [6.07, 6.45) is 5.04. The Labute approximate surface area is 164 Å². The topological polar surface area (TPSA) is 90.5 Å². The highest BCUT2D eigenvalue weighted by molar-refractivity contribution is 6.05. The lowest BCUT2D eigenvalue weighted by atomic mass is 10.0. The number of benzene rings is 1. The van der Waals surface area contributed by atoms with Crippen molar-refractivity contribution in [1.82, 2.24) is 20.9 Å². The van der Waals surface area contributed by atoms with E-state index in [1.165, 1.54) is 5.57 Å². The molecule has 1 aromatic carbocycles. The molecule has 1 unspecified atom stereocenters. The molecule has 7 nitrogen and oxygen atoms in total. The van der Waals surface area contributed by atoms with Gasteiger partial charge in [0.25, 0.3) is 5.91 Å². The summed E-state index contributed by atoms with van der Waals surface area (Å²) < 4.78 is 0. The van der Waals surface area contributed by atoms with Crippen LogP contribution in [0.15, 0.2) is 29.8 Å². The fourth-order valence-corrected chi connectivity index (χ4v) is 4.21. The highest BCUT2D eigenvalue weighted by Gasteiger charge is 2.39. The molecule has 148 valence electrons. The monoisotopic (exact) mass is 382 g/mol. The molecule has 3 heterocycles. The van der Waals surface area contributed by atoms with E-state index in [4.69, 9.17) is 0 Å². The molecule has 4 rings (SSSR count). The molecule has 7 heteroatoms. The number of hydrogen-bond acceptors (Lipinski definition) is 5. The van der Waals surface area contributed by atoms with Crippen molar-refractivity contribution in [3.8, 4) is 0 Å². The largest absolute Gasteiger partial charge is 0.322 e. The summed E-state index contributed by atoms with van der Waals surface area (Å²) in [6.45, 7) is 3.92. The molecule has 28 heavy (non-hydrogen) atoms. The Hall–Kier alpha value is -2.51. The number of nitrogens with one attached hydrogen (secondary N) is 3. The third kappa shape index (κ3) is 3.86. The molecule has 3 aliphatic rings. The number of hydrogen-bond donors (Lipinski definition) is 3. The highest BCUT2D eigenvalue weighted by Crippen LogP contribution is 2.29. The number of nitrogens with zero attached hydrogens (tertiary/aromatic N) is 1. The summed E-state index contributed by atoms with van der Waals surface area (Å²) in [4.78, 5) is 38.2. The lowest BCUT2D eigenvalue weighted by molar-refractivity contribution is -0.136. The molecule has 3 N–H and O–H groups in total. The smallest absolute Gasteiger partial charge is 0.255 e. The van der Waals surface area contributed by atoms with Crippen molar-refractivity contribution in [2.75, 3.05) is 19.6 Å². The Morgan fingerprint density at radius 1 is 1.18 bits per heavy atom. The Morgan fingerprint density at radius 2 is 2.07 bits per heavy atom. The number of carbonyl (C=O) groups is 3. The van der Waals surface area contributed by atoms with Crippen LogP contribution in [0.3, 0.4) is 0 Å². The summed E-state index contributed by atoms with van der Waals surface area (Å²) in [7, 11) is 0. The van der Waals surface area contributed by atoms with E-state index in [-0.39, 0.29) is 24.1 Å². The second-order valence-corrected chi connectivity index (χ2v) is 7.59. The van der Waals surface area contributed by atoms with E-state index in [2.05, 4.69) is 22.0 Å². The average Bonchev–Trinajstić information content (AvgIpc) is 3.03. The maximum absolute atomic E-state index is 13.0. The molecule has 0 aliphatic carbocycles. The van der Waals surface area contributed by atoms with Gasteiger partial charge >= 0.3 is 0 Å². The Balaban J connectivity index is 1.39. The van der Waals surface area contributed by atoms with Gasteiger partial charge in [-0.1, -0.05) is 29.8 Å². The van der Waals surface area contributed by atoms with Crippen LogP contribution in [0.2, 0.25) is 0 Å². The molecular weight excluding hydrogens is 356 g/mol. The van der Waals surface area contributed by atoms with Gasteiger partial charge in [-0.3, -0.25) is 19.7 Å². The minimum absolute atomic E-state index is 0.108. The van der Waals surface area contributed by atoms with E-state index in [1.54, 1.807) is 4.90 Å². The highest BCUT2D eigenvalue weighted by atomic mass is 16.2. The number of imide groups is 1. The maximum Gasteiger partial charge on any atom is 0.255 e. The van der Waals surface area contributed by atoms with Crippen LogP contribution in [-0.4, -0.2) is 48.3 Å². The van der Waals surface area contributed by atoms with Gasteiger partial charge in [0.2, 0.25) is 11.8 Å². The Morgan fingerprint density at radius 3 is 2.86 bits per heavy atom. The van der Waals surface area contributed by atoms with E-state index < -0.39 is 6.04 Å². The molecule has 0 aromatic heterocycles. The van der Waals surface area contributed by atoms with E-state index in [1.807, 2.05) is 18.2 Å². The van der Waals surface area contributed by atoms with Crippen LogP contribution < -0.4 is 16.0 Å². The summed E-state index contributed by atoms with van der Waals surface area (Å²) in [5.41, 5.74) is 4.11. The fourth-order valence-electron chi connectivity index (χ4n) is 4.21. The molecule has 1 saturated heterocycles. The molecule has 0 saturated carbocycles. The van der Waals surface area contributed by atoms with E-state index >= 15 is 0 Å². The summed E-state index contributed by atoms with van der Waals surface area (Å²) in [6, 6.07) is 5.32. The first-order chi connectivity index (χ1) is 13.6. The van der Waals surface area contributed by atoms with Crippen LogP contribution in [0.5, 0.6) is 0 Å². The Kier molecular flexibility index (Phi) is 5.54. The number of fused-ring (bicyclic) bond motifs is 1. The molecular formula is C21H26N4O3. The first kappa shape index (κ1) is 18.8. The summed E-state index contributed by atoms with van der Waals surface area (Å²) in [5.74, 6) is -0.741. The minimum atomic E-state index is -0.565. The van der Waals surface area contributed by atoms with Crippen LogP contribution >= 0.6 is 0 Å². The summed E-state index contributed by atoms with van der Waals surface area (Å²) in [5, 5.41) is 9.11. The number of piperidine rings is 1. The van der Waals surface area contributed by atoms with E-state index in [0.29, 0.717) is 25.1 Å². The third-order valence-electron chi connectivity index (χ3n) is 5.74. The number of amides is 3. The predicted molar refractivity (Wildman–Crippen MR) is 104 cm³/mol. The van der Waals surface area contributed by atoms with Crippen molar-refractivity contribution in [2.45, 2.75) is 44.8 Å². The lowest BCUT2D eigenvalue weighted by Crippen LogP contribution is -2.52. The van der Waals surface area contributed by atoms with Crippen molar-refractivity contribution in [1.29, 1.82) is 0 Å². The second-order valence-electron chi connectivity index (χ2n) is 7.59. The third-order valence-corrected chi connectivity index (χ3v) is 5.74. The van der Waals surface area contributed by atoms with Crippen LogP contribution in [0.1, 0.15) is 47.2 Å². The summed E-state index contributed by atoms with van der Waals surface area (Å²) >= 11 is 0. The van der Waals surface area contributed by atoms with Crippen LogP contribution in [0, 0.1) is 0 Å². The van der Waals surface area contributed by atoms with Gasteiger partial charge in [-0.15, -0.1) is 0 Å². The lowest BCUT2D eigenvalue weighted by Gasteiger charge is -2.29. The van der Waals surface area contributed by atoms with Crippen molar-refractivity contribution in [3.05, 3.63) is 46.5 Å². The zero-order valence-corrected chi connectivity index (χ0v) is 15.9. The molecule has 1 fully saturated rings. The van der Waals surface area contributed by atoms with Crippen LogP contribution in [-0.2, 0) is 22.7 Å². The van der Waals surface area contributed by atoms with Crippen molar-refractivity contribution >= 4 is 17.7 Å². The van der Waals surface area contributed by atoms with E-state index in [9.17, 15) is 14.4 Å². The van der Waals surface area contributed by atoms with Crippen molar-refractivity contribution in [2.24, 2.45) is 0 Å². The van der Waals surface area contributed by atoms with Gasteiger partial charge in [-0.2, -0.15) is 0 Å². The predicted octanol–water partition coefficient (Wildman–Crippen LogP) is 0.847. The van der Waals surface area contributed by atoms with Gasteiger partial charge in [0.1, 0.15) is 6.04 Å². The minimum Gasteiger partial charge on any atom is -0.322 e. The maximum atomic E-state index is 13.0. The molecule has 3 aliphatic heterocycles. The van der Waals surface area contributed by atoms with Crippen molar-refractivity contribution in [3.63, 3.8) is 0 Å². The molecule has 3 amide bonds. The normalized spacial score (nSPS) is 22.1. The number of carbonyl (C=O) groups excluding carboxylic acids is 3. The first-order valence-electron chi connectivity index (χ1n) is 9.98. The van der Waals surface area contributed by atoms with Gasteiger partial charge in [-0.05, 0) is 43.5 Å². The molecule has 1 aromatic rings. The molecule has 0 spiro atoms.